The Hall–Kier alpha value is -3.20. The molecular formula is C18H17N3O3. The Balaban J connectivity index is 1.99. The highest BCUT2D eigenvalue weighted by Crippen LogP contribution is 2.27. The van der Waals surface area contributed by atoms with E-state index in [9.17, 15) is 10.1 Å². The van der Waals surface area contributed by atoms with Crippen LogP contribution < -0.4 is 0 Å². The molecule has 3 heterocycles. The van der Waals surface area contributed by atoms with Crippen LogP contribution in [0.5, 0.6) is 0 Å². The van der Waals surface area contributed by atoms with Crippen molar-refractivity contribution >= 4 is 5.91 Å². The van der Waals surface area contributed by atoms with Crippen molar-refractivity contribution in [2.24, 2.45) is 0 Å². The van der Waals surface area contributed by atoms with Gasteiger partial charge in [-0.2, -0.15) is 5.26 Å². The lowest BCUT2D eigenvalue weighted by molar-refractivity contribution is 0.0739. The summed E-state index contributed by atoms with van der Waals surface area (Å²) in [6.45, 7) is 4.42. The Bertz CT molecular complexity index is 868. The Morgan fingerprint density at radius 2 is 2.08 bits per heavy atom. The molecule has 24 heavy (non-hydrogen) atoms. The molecule has 3 aromatic rings. The molecule has 0 atom stereocenters. The zero-order valence-corrected chi connectivity index (χ0v) is 13.5. The minimum Gasteiger partial charge on any atom is -0.467 e. The molecule has 3 rings (SSSR count). The first kappa shape index (κ1) is 15.7. The highest BCUT2D eigenvalue weighted by Gasteiger charge is 2.27. The number of rotatable bonds is 5. The predicted octanol–water partition coefficient (Wildman–Crippen LogP) is 3.51. The van der Waals surface area contributed by atoms with Gasteiger partial charge in [-0.1, -0.05) is 0 Å². The quantitative estimate of drug-likeness (QED) is 0.720. The molecule has 0 aliphatic carbocycles. The van der Waals surface area contributed by atoms with Crippen LogP contribution in [-0.4, -0.2) is 21.9 Å². The van der Waals surface area contributed by atoms with Gasteiger partial charge in [-0.15, -0.1) is 0 Å². The zero-order chi connectivity index (χ0) is 17.1. The van der Waals surface area contributed by atoms with Gasteiger partial charge in [0.25, 0.3) is 5.91 Å². The van der Waals surface area contributed by atoms with E-state index in [0.29, 0.717) is 36.1 Å². The molecule has 0 N–H and O–H groups in total. The topological polar surface area (TPSA) is 75.3 Å². The summed E-state index contributed by atoms with van der Waals surface area (Å²) in [5.41, 5.74) is 0.543. The maximum atomic E-state index is 12.9. The van der Waals surface area contributed by atoms with Crippen molar-refractivity contribution in [1.82, 2.24) is 9.47 Å². The molecule has 0 aromatic carbocycles. The average Bonchev–Trinajstić information content (AvgIpc) is 3.32. The number of carbonyl (C=O) groups excluding carboxylic acids is 1. The predicted molar refractivity (Wildman–Crippen MR) is 86.6 cm³/mol. The van der Waals surface area contributed by atoms with Gasteiger partial charge in [-0.25, -0.2) is 0 Å². The average molecular weight is 323 g/mol. The van der Waals surface area contributed by atoms with Crippen LogP contribution in [0.1, 0.15) is 34.4 Å². The number of aryl methyl sites for hydroxylation is 1. The van der Waals surface area contributed by atoms with Crippen LogP contribution in [0.15, 0.2) is 51.8 Å². The summed E-state index contributed by atoms with van der Waals surface area (Å²) >= 11 is 0. The van der Waals surface area contributed by atoms with Crippen molar-refractivity contribution < 1.29 is 13.6 Å². The summed E-state index contributed by atoms with van der Waals surface area (Å²) < 4.78 is 12.7. The van der Waals surface area contributed by atoms with Gasteiger partial charge in [-0.3, -0.25) is 9.36 Å². The molecule has 0 radical (unpaired) electrons. The van der Waals surface area contributed by atoms with Crippen LogP contribution in [0.3, 0.4) is 0 Å². The third kappa shape index (κ3) is 2.72. The van der Waals surface area contributed by atoms with Crippen LogP contribution in [0.2, 0.25) is 0 Å². The lowest BCUT2D eigenvalue weighted by Crippen LogP contribution is -2.30. The molecule has 0 saturated heterocycles. The third-order valence-corrected chi connectivity index (χ3v) is 3.83. The van der Waals surface area contributed by atoms with Crippen LogP contribution in [0.25, 0.3) is 5.88 Å². The van der Waals surface area contributed by atoms with Crippen LogP contribution >= 0.6 is 0 Å². The van der Waals surface area contributed by atoms with Crippen LogP contribution in [-0.2, 0) is 6.54 Å². The fourth-order valence-electron chi connectivity index (χ4n) is 2.62. The largest absolute Gasteiger partial charge is 0.467 e. The molecule has 0 unspecified atom stereocenters. The molecular weight excluding hydrogens is 306 g/mol. The van der Waals surface area contributed by atoms with Crippen molar-refractivity contribution in [2.45, 2.75) is 20.4 Å². The molecule has 0 fully saturated rings. The molecule has 3 aromatic heterocycles. The second-order valence-corrected chi connectivity index (χ2v) is 5.31. The summed E-state index contributed by atoms with van der Waals surface area (Å²) in [6.07, 6.45) is 5.11. The highest BCUT2D eigenvalue weighted by molar-refractivity contribution is 5.98. The van der Waals surface area contributed by atoms with Crippen molar-refractivity contribution in [3.05, 3.63) is 65.6 Å². The number of nitriles is 1. The lowest BCUT2D eigenvalue weighted by Gasteiger charge is -2.19. The SMILES string of the molecule is CCN(Cc1ccco1)C(=O)c1c(C)oc(-n2cccc2)c1C#N. The van der Waals surface area contributed by atoms with E-state index in [1.165, 1.54) is 0 Å². The summed E-state index contributed by atoms with van der Waals surface area (Å²) in [5, 5.41) is 9.56. The Kier molecular flexibility index (Phi) is 4.25. The number of amides is 1. The molecule has 1 amide bonds. The van der Waals surface area contributed by atoms with Crippen molar-refractivity contribution in [3.63, 3.8) is 0 Å². The molecule has 0 aliphatic rings. The van der Waals surface area contributed by atoms with Gasteiger partial charge < -0.3 is 13.7 Å². The van der Waals surface area contributed by atoms with Crippen molar-refractivity contribution in [2.75, 3.05) is 6.54 Å². The number of aromatic nitrogens is 1. The number of nitrogens with zero attached hydrogens (tertiary/aromatic N) is 3. The van der Waals surface area contributed by atoms with Gasteiger partial charge in [0.2, 0.25) is 5.88 Å². The molecule has 6 nitrogen and oxygen atoms in total. The van der Waals surface area contributed by atoms with E-state index in [-0.39, 0.29) is 11.5 Å². The number of hydrogen-bond acceptors (Lipinski definition) is 4. The van der Waals surface area contributed by atoms with E-state index in [1.54, 1.807) is 41.1 Å². The van der Waals surface area contributed by atoms with E-state index in [2.05, 4.69) is 6.07 Å². The lowest BCUT2D eigenvalue weighted by atomic mass is 10.1. The number of carbonyl (C=O) groups is 1. The smallest absolute Gasteiger partial charge is 0.259 e. The monoisotopic (exact) mass is 323 g/mol. The summed E-state index contributed by atoms with van der Waals surface area (Å²) in [7, 11) is 0. The van der Waals surface area contributed by atoms with E-state index in [4.69, 9.17) is 8.83 Å². The van der Waals surface area contributed by atoms with Gasteiger partial charge in [0.15, 0.2) is 0 Å². The summed E-state index contributed by atoms with van der Waals surface area (Å²) in [4.78, 5) is 14.6. The minimum absolute atomic E-state index is 0.242. The van der Waals surface area contributed by atoms with E-state index in [0.717, 1.165) is 0 Å². The highest BCUT2D eigenvalue weighted by atomic mass is 16.4. The molecule has 122 valence electrons. The van der Waals surface area contributed by atoms with E-state index in [1.807, 2.05) is 25.1 Å². The van der Waals surface area contributed by atoms with Gasteiger partial charge in [0.05, 0.1) is 12.8 Å². The molecule has 0 spiro atoms. The van der Waals surface area contributed by atoms with Crippen LogP contribution in [0, 0.1) is 18.3 Å². The summed E-state index contributed by atoms with van der Waals surface area (Å²) in [5.74, 6) is 1.23. The number of furan rings is 2. The Morgan fingerprint density at radius 1 is 1.33 bits per heavy atom. The zero-order valence-electron chi connectivity index (χ0n) is 13.5. The molecule has 0 saturated carbocycles. The molecule has 0 bridgehead atoms. The number of hydrogen-bond donors (Lipinski definition) is 0. The standard InChI is InChI=1S/C18H17N3O3/c1-3-20(12-14-7-6-10-23-14)17(22)16-13(2)24-18(15(16)11-19)21-8-4-5-9-21/h4-10H,3,12H2,1-2H3. The van der Waals surface area contributed by atoms with E-state index < -0.39 is 0 Å². The molecule has 6 heteroatoms. The van der Waals surface area contributed by atoms with Gasteiger partial charge in [-0.05, 0) is 38.1 Å². The maximum Gasteiger partial charge on any atom is 0.259 e. The second kappa shape index (κ2) is 6.50. The third-order valence-electron chi connectivity index (χ3n) is 3.83. The molecule has 0 aliphatic heterocycles. The maximum absolute atomic E-state index is 12.9. The fraction of sp³-hybridized carbons (Fsp3) is 0.222. The van der Waals surface area contributed by atoms with Crippen molar-refractivity contribution in [1.29, 1.82) is 5.26 Å². The summed E-state index contributed by atoms with van der Waals surface area (Å²) in [6, 6.07) is 9.36. The van der Waals surface area contributed by atoms with E-state index >= 15 is 0 Å². The fourth-order valence-corrected chi connectivity index (χ4v) is 2.62. The minimum atomic E-state index is -0.245. The Morgan fingerprint density at radius 3 is 2.67 bits per heavy atom. The normalized spacial score (nSPS) is 10.5. The van der Waals surface area contributed by atoms with Crippen molar-refractivity contribution in [3.8, 4) is 12.0 Å². The van der Waals surface area contributed by atoms with Gasteiger partial charge >= 0.3 is 0 Å². The van der Waals surface area contributed by atoms with Crippen LogP contribution in [0.4, 0.5) is 0 Å². The first-order valence-electron chi connectivity index (χ1n) is 7.64. The first-order valence-corrected chi connectivity index (χ1v) is 7.64. The second-order valence-electron chi connectivity index (χ2n) is 5.31. The first-order chi connectivity index (χ1) is 11.7. The Labute approximate surface area is 139 Å². The van der Waals surface area contributed by atoms with Gasteiger partial charge in [0, 0.05) is 18.9 Å². The van der Waals surface area contributed by atoms with Gasteiger partial charge in [0.1, 0.15) is 28.7 Å².